The van der Waals surface area contributed by atoms with Crippen LogP contribution in [0.25, 0.3) is 0 Å². The highest BCUT2D eigenvalue weighted by Gasteiger charge is 2.45. The number of nitrogens with zero attached hydrogens (tertiary/aromatic N) is 1. The maximum absolute atomic E-state index is 12.7. The van der Waals surface area contributed by atoms with Gasteiger partial charge in [0.25, 0.3) is 0 Å². The normalized spacial score (nSPS) is 29.1. The summed E-state index contributed by atoms with van der Waals surface area (Å²) in [5.74, 6) is 1.25. The first-order chi connectivity index (χ1) is 9.99. The summed E-state index contributed by atoms with van der Waals surface area (Å²) in [6.45, 7) is 5.58. The lowest BCUT2D eigenvalue weighted by Gasteiger charge is -2.40. The van der Waals surface area contributed by atoms with Gasteiger partial charge in [0.05, 0.1) is 6.54 Å². The summed E-state index contributed by atoms with van der Waals surface area (Å²) in [5.41, 5.74) is 0.259. The van der Waals surface area contributed by atoms with Crippen LogP contribution in [0.1, 0.15) is 58.8 Å². The third-order valence-electron chi connectivity index (χ3n) is 5.35. The Bertz CT molecular complexity index is 423. The van der Waals surface area contributed by atoms with Crippen LogP contribution >= 0.6 is 0 Å². The van der Waals surface area contributed by atoms with Crippen LogP contribution in [0.15, 0.2) is 0 Å². The summed E-state index contributed by atoms with van der Waals surface area (Å²) in [4.78, 5) is 26.5. The van der Waals surface area contributed by atoms with Crippen LogP contribution in [0.5, 0.6) is 0 Å². The molecule has 3 rings (SSSR count). The van der Waals surface area contributed by atoms with Crippen molar-refractivity contribution in [3.63, 3.8) is 0 Å². The van der Waals surface area contributed by atoms with E-state index in [1.807, 2.05) is 4.90 Å². The van der Waals surface area contributed by atoms with Crippen LogP contribution in [-0.4, -0.2) is 35.8 Å². The van der Waals surface area contributed by atoms with Crippen molar-refractivity contribution in [2.24, 2.45) is 17.3 Å². The molecule has 1 heterocycles. The minimum atomic E-state index is -0.233. The number of hydrogen-bond acceptors (Lipinski definition) is 2. The highest BCUT2D eigenvalue weighted by molar-refractivity contribution is 5.95. The first-order valence-corrected chi connectivity index (χ1v) is 8.57. The molecule has 2 amide bonds. The van der Waals surface area contributed by atoms with E-state index in [0.717, 1.165) is 19.4 Å². The van der Waals surface area contributed by atoms with E-state index in [2.05, 4.69) is 19.2 Å². The number of carbonyl (C=O) groups excluding carboxylic acids is 2. The van der Waals surface area contributed by atoms with E-state index in [4.69, 9.17) is 0 Å². The minimum Gasteiger partial charge on any atom is -0.342 e. The van der Waals surface area contributed by atoms with E-state index < -0.39 is 0 Å². The van der Waals surface area contributed by atoms with Gasteiger partial charge in [-0.15, -0.1) is 0 Å². The summed E-state index contributed by atoms with van der Waals surface area (Å²) < 4.78 is 0. The largest absolute Gasteiger partial charge is 0.342 e. The SMILES string of the molecule is CC(C)CC1(CN2CC(=O)NC(C3CC3)C2=O)CCCC1. The highest BCUT2D eigenvalue weighted by atomic mass is 16.2. The molecule has 0 aromatic rings. The molecule has 118 valence electrons. The Morgan fingerprint density at radius 2 is 1.90 bits per heavy atom. The zero-order valence-electron chi connectivity index (χ0n) is 13.4. The fraction of sp³-hybridized carbons (Fsp3) is 0.882. The molecule has 3 aliphatic rings. The highest BCUT2D eigenvalue weighted by Crippen LogP contribution is 2.44. The Kier molecular flexibility index (Phi) is 3.98. The second-order valence-corrected chi connectivity index (χ2v) is 7.88. The molecule has 1 saturated heterocycles. The van der Waals surface area contributed by atoms with Crippen molar-refractivity contribution in [1.29, 1.82) is 0 Å². The van der Waals surface area contributed by atoms with Crippen molar-refractivity contribution in [3.8, 4) is 0 Å². The number of rotatable bonds is 5. The average molecular weight is 292 g/mol. The number of amides is 2. The number of carbonyl (C=O) groups is 2. The fourth-order valence-corrected chi connectivity index (χ4v) is 4.43. The van der Waals surface area contributed by atoms with E-state index in [9.17, 15) is 9.59 Å². The summed E-state index contributed by atoms with van der Waals surface area (Å²) in [6.07, 6.45) is 8.31. The first kappa shape index (κ1) is 14.9. The summed E-state index contributed by atoms with van der Waals surface area (Å²) >= 11 is 0. The lowest BCUT2D eigenvalue weighted by Crippen LogP contribution is -2.60. The topological polar surface area (TPSA) is 49.4 Å². The second-order valence-electron chi connectivity index (χ2n) is 7.88. The molecule has 4 nitrogen and oxygen atoms in total. The monoisotopic (exact) mass is 292 g/mol. The van der Waals surface area contributed by atoms with Gasteiger partial charge in [-0.3, -0.25) is 9.59 Å². The van der Waals surface area contributed by atoms with E-state index in [-0.39, 0.29) is 29.8 Å². The molecule has 0 aromatic heterocycles. The van der Waals surface area contributed by atoms with Crippen LogP contribution in [0.4, 0.5) is 0 Å². The smallest absolute Gasteiger partial charge is 0.245 e. The predicted molar refractivity (Wildman–Crippen MR) is 81.6 cm³/mol. The van der Waals surface area contributed by atoms with Crippen LogP contribution in [0.2, 0.25) is 0 Å². The zero-order valence-corrected chi connectivity index (χ0v) is 13.4. The molecule has 3 fully saturated rings. The van der Waals surface area contributed by atoms with Crippen molar-refractivity contribution in [2.45, 2.75) is 64.8 Å². The van der Waals surface area contributed by atoms with Crippen LogP contribution in [0, 0.1) is 17.3 Å². The molecule has 2 aliphatic carbocycles. The maximum atomic E-state index is 12.7. The predicted octanol–water partition coefficient (Wildman–Crippen LogP) is 2.33. The Hall–Kier alpha value is -1.06. The van der Waals surface area contributed by atoms with E-state index >= 15 is 0 Å². The molecule has 21 heavy (non-hydrogen) atoms. The zero-order chi connectivity index (χ0) is 15.0. The van der Waals surface area contributed by atoms with Crippen molar-refractivity contribution < 1.29 is 9.59 Å². The van der Waals surface area contributed by atoms with E-state index in [1.54, 1.807) is 0 Å². The quantitative estimate of drug-likeness (QED) is 0.845. The van der Waals surface area contributed by atoms with Crippen molar-refractivity contribution in [2.75, 3.05) is 13.1 Å². The van der Waals surface area contributed by atoms with Gasteiger partial charge in [0.1, 0.15) is 6.04 Å². The molecule has 1 unspecified atom stereocenters. The Morgan fingerprint density at radius 3 is 2.48 bits per heavy atom. The number of hydrogen-bond donors (Lipinski definition) is 1. The van der Waals surface area contributed by atoms with E-state index in [0.29, 0.717) is 11.8 Å². The lowest BCUT2D eigenvalue weighted by molar-refractivity contribution is -0.146. The van der Waals surface area contributed by atoms with Gasteiger partial charge >= 0.3 is 0 Å². The van der Waals surface area contributed by atoms with Gasteiger partial charge in [-0.2, -0.15) is 0 Å². The molecule has 0 bridgehead atoms. The Labute approximate surface area is 127 Å². The van der Waals surface area contributed by atoms with Gasteiger partial charge in [-0.25, -0.2) is 0 Å². The molecule has 4 heteroatoms. The number of nitrogens with one attached hydrogen (secondary N) is 1. The molecular formula is C17H28N2O2. The third kappa shape index (κ3) is 3.24. The van der Waals surface area contributed by atoms with Gasteiger partial charge in [0.2, 0.25) is 11.8 Å². The molecule has 0 spiro atoms. The lowest BCUT2D eigenvalue weighted by atomic mass is 9.78. The average Bonchev–Trinajstić information content (AvgIpc) is 3.15. The van der Waals surface area contributed by atoms with Crippen LogP contribution < -0.4 is 5.32 Å². The minimum absolute atomic E-state index is 0.0317. The van der Waals surface area contributed by atoms with Gasteiger partial charge in [0.15, 0.2) is 0 Å². The van der Waals surface area contributed by atoms with Gasteiger partial charge in [-0.05, 0) is 49.4 Å². The van der Waals surface area contributed by atoms with E-state index in [1.165, 1.54) is 32.1 Å². The molecule has 0 aromatic carbocycles. The van der Waals surface area contributed by atoms with Crippen LogP contribution in [-0.2, 0) is 9.59 Å². The molecule has 0 radical (unpaired) electrons. The van der Waals surface area contributed by atoms with Gasteiger partial charge in [-0.1, -0.05) is 26.7 Å². The third-order valence-corrected chi connectivity index (χ3v) is 5.35. The second kappa shape index (κ2) is 5.62. The van der Waals surface area contributed by atoms with Gasteiger partial charge in [0, 0.05) is 6.54 Å². The van der Waals surface area contributed by atoms with Crippen LogP contribution in [0.3, 0.4) is 0 Å². The standard InChI is InChI=1S/C17H28N2O2/c1-12(2)9-17(7-3-4-8-17)11-19-10-14(20)18-15(16(19)21)13-5-6-13/h12-13,15H,3-11H2,1-2H3,(H,18,20). The fourth-order valence-electron chi connectivity index (χ4n) is 4.43. The van der Waals surface area contributed by atoms with Gasteiger partial charge < -0.3 is 10.2 Å². The molecule has 1 N–H and O–H groups in total. The summed E-state index contributed by atoms with van der Waals surface area (Å²) in [6, 6.07) is -0.233. The summed E-state index contributed by atoms with van der Waals surface area (Å²) in [5, 5.41) is 2.91. The maximum Gasteiger partial charge on any atom is 0.245 e. The van der Waals surface area contributed by atoms with Crippen molar-refractivity contribution in [3.05, 3.63) is 0 Å². The van der Waals surface area contributed by atoms with Crippen molar-refractivity contribution in [1.82, 2.24) is 10.2 Å². The Balaban J connectivity index is 1.71. The summed E-state index contributed by atoms with van der Waals surface area (Å²) in [7, 11) is 0. The Morgan fingerprint density at radius 1 is 1.24 bits per heavy atom. The number of piperazine rings is 1. The molecule has 2 saturated carbocycles. The molecular weight excluding hydrogens is 264 g/mol. The molecule has 1 atom stereocenters. The first-order valence-electron chi connectivity index (χ1n) is 8.57. The molecule has 1 aliphatic heterocycles. The van der Waals surface area contributed by atoms with Crippen molar-refractivity contribution >= 4 is 11.8 Å².